The molecular formula is C22H19F4N5O2S2. The number of nitrogens with zero attached hydrogens (tertiary/aromatic N) is 2. The molecule has 4 rings (SSSR count). The lowest BCUT2D eigenvalue weighted by atomic mass is 10.0. The first-order chi connectivity index (χ1) is 16.3. The summed E-state index contributed by atoms with van der Waals surface area (Å²) in [5.41, 5.74) is 6.34. The summed E-state index contributed by atoms with van der Waals surface area (Å²) >= 11 is 1.29. The Morgan fingerprint density at radius 1 is 1.06 bits per heavy atom. The minimum absolute atomic E-state index is 0.0615. The molecule has 13 heteroatoms. The van der Waals surface area contributed by atoms with Crippen molar-refractivity contribution in [2.75, 3.05) is 22.0 Å². The molecule has 0 fully saturated rings. The Hall–Kier alpha value is -3.45. The SMILES string of the molecule is CC(Nc1nc(C(F)(F)F)ccc1-c1ccc2sc(N)nc2c1)c1ccc(NS(C)(=O)=O)c(F)c1. The summed E-state index contributed by atoms with van der Waals surface area (Å²) in [6, 6.07) is 10.5. The van der Waals surface area contributed by atoms with Gasteiger partial charge in [-0.1, -0.05) is 23.5 Å². The Labute approximate surface area is 202 Å². The molecule has 0 amide bonds. The second-order valence-corrected chi connectivity index (χ2v) is 10.6. The maximum Gasteiger partial charge on any atom is 0.433 e. The van der Waals surface area contributed by atoms with E-state index in [1.54, 1.807) is 25.1 Å². The number of alkyl halides is 3. The standard InChI is InChI=1S/C22H19F4N5O2S2/c1-11(12-3-6-16(15(23)9-12)31-35(2,32)33)28-20-14(5-8-19(30-20)22(24,25)26)13-4-7-18-17(10-13)29-21(27)34-18/h3-11,31H,1-2H3,(H2,27,29)(H,28,30). The van der Waals surface area contributed by atoms with Crippen molar-refractivity contribution >= 4 is 48.2 Å². The van der Waals surface area contributed by atoms with E-state index in [4.69, 9.17) is 5.73 Å². The predicted molar refractivity (Wildman–Crippen MR) is 129 cm³/mol. The van der Waals surface area contributed by atoms with Crippen molar-refractivity contribution in [3.63, 3.8) is 0 Å². The summed E-state index contributed by atoms with van der Waals surface area (Å²) in [5, 5.41) is 3.29. The van der Waals surface area contributed by atoms with Gasteiger partial charge in [0.05, 0.1) is 28.2 Å². The Morgan fingerprint density at radius 3 is 2.46 bits per heavy atom. The summed E-state index contributed by atoms with van der Waals surface area (Å²) in [6.45, 7) is 1.62. The van der Waals surface area contributed by atoms with Crippen molar-refractivity contribution in [2.45, 2.75) is 19.1 Å². The van der Waals surface area contributed by atoms with E-state index in [9.17, 15) is 26.0 Å². The largest absolute Gasteiger partial charge is 0.433 e. The summed E-state index contributed by atoms with van der Waals surface area (Å²) in [5.74, 6) is -0.890. The molecule has 0 aliphatic heterocycles. The van der Waals surface area contributed by atoms with Gasteiger partial charge in [-0.25, -0.2) is 22.8 Å². The number of sulfonamides is 1. The zero-order valence-corrected chi connectivity index (χ0v) is 19.9. The first-order valence-electron chi connectivity index (χ1n) is 10.1. The third kappa shape index (κ3) is 5.62. The van der Waals surface area contributed by atoms with E-state index in [2.05, 4.69) is 20.0 Å². The van der Waals surface area contributed by atoms with Crippen LogP contribution in [-0.4, -0.2) is 24.6 Å². The Morgan fingerprint density at radius 2 is 1.80 bits per heavy atom. The van der Waals surface area contributed by atoms with Crippen LogP contribution >= 0.6 is 11.3 Å². The summed E-state index contributed by atoms with van der Waals surface area (Å²) < 4.78 is 80.3. The number of thiazole rings is 1. The molecule has 2 aromatic carbocycles. The van der Waals surface area contributed by atoms with Gasteiger partial charge in [0.25, 0.3) is 0 Å². The Balaban J connectivity index is 1.72. The number of rotatable bonds is 6. The number of halogens is 4. The molecule has 2 aromatic heterocycles. The normalized spacial score (nSPS) is 13.1. The van der Waals surface area contributed by atoms with Gasteiger partial charge in [0, 0.05) is 5.56 Å². The third-order valence-electron chi connectivity index (χ3n) is 5.04. The average Bonchev–Trinajstić information content (AvgIpc) is 3.12. The molecule has 4 N–H and O–H groups in total. The third-order valence-corrected chi connectivity index (χ3v) is 6.50. The molecule has 0 aliphatic carbocycles. The molecule has 1 unspecified atom stereocenters. The number of fused-ring (bicyclic) bond motifs is 1. The fourth-order valence-electron chi connectivity index (χ4n) is 3.44. The van der Waals surface area contributed by atoms with E-state index in [1.165, 1.54) is 29.5 Å². The van der Waals surface area contributed by atoms with Gasteiger partial charge in [0.1, 0.15) is 17.3 Å². The minimum atomic E-state index is -4.67. The Kier molecular flexibility index (Phi) is 6.32. The molecule has 7 nitrogen and oxygen atoms in total. The van der Waals surface area contributed by atoms with Crippen molar-refractivity contribution < 1.29 is 26.0 Å². The highest BCUT2D eigenvalue weighted by Crippen LogP contribution is 2.36. The summed E-state index contributed by atoms with van der Waals surface area (Å²) in [4.78, 5) is 8.02. The van der Waals surface area contributed by atoms with Crippen LogP contribution in [0.4, 0.5) is 34.2 Å². The van der Waals surface area contributed by atoms with Crippen molar-refractivity contribution in [2.24, 2.45) is 0 Å². The molecule has 0 bridgehead atoms. The number of benzene rings is 2. The van der Waals surface area contributed by atoms with E-state index >= 15 is 0 Å². The first kappa shape index (κ1) is 24.7. The highest BCUT2D eigenvalue weighted by atomic mass is 32.2. The summed E-state index contributed by atoms with van der Waals surface area (Å²) in [6.07, 6.45) is -3.78. The predicted octanol–water partition coefficient (Wildman–Crippen LogP) is 5.64. The lowest BCUT2D eigenvalue weighted by Crippen LogP contribution is -2.14. The molecule has 0 radical (unpaired) electrons. The van der Waals surface area contributed by atoms with Crippen LogP contribution < -0.4 is 15.8 Å². The molecule has 0 saturated carbocycles. The number of nitrogens with two attached hydrogens (primary N) is 1. The van der Waals surface area contributed by atoms with E-state index in [0.717, 1.165) is 23.1 Å². The van der Waals surface area contributed by atoms with Crippen LogP contribution in [0.1, 0.15) is 24.2 Å². The van der Waals surface area contributed by atoms with Crippen molar-refractivity contribution in [1.82, 2.24) is 9.97 Å². The average molecular weight is 526 g/mol. The molecule has 184 valence electrons. The van der Waals surface area contributed by atoms with Crippen LogP contribution in [0.5, 0.6) is 0 Å². The highest BCUT2D eigenvalue weighted by molar-refractivity contribution is 7.92. The van der Waals surface area contributed by atoms with Gasteiger partial charge >= 0.3 is 6.18 Å². The zero-order valence-electron chi connectivity index (χ0n) is 18.3. The number of aromatic nitrogens is 2. The van der Waals surface area contributed by atoms with E-state index in [1.807, 2.05) is 0 Å². The number of anilines is 3. The monoisotopic (exact) mass is 525 g/mol. The summed E-state index contributed by atoms with van der Waals surface area (Å²) in [7, 11) is -3.68. The smallest absolute Gasteiger partial charge is 0.375 e. The molecule has 35 heavy (non-hydrogen) atoms. The van der Waals surface area contributed by atoms with Crippen LogP contribution in [0.2, 0.25) is 0 Å². The van der Waals surface area contributed by atoms with Crippen LogP contribution in [-0.2, 0) is 16.2 Å². The topological polar surface area (TPSA) is 110 Å². The van der Waals surface area contributed by atoms with Crippen LogP contribution in [0.3, 0.4) is 0 Å². The van der Waals surface area contributed by atoms with Crippen molar-refractivity contribution in [3.05, 3.63) is 65.6 Å². The molecule has 0 aliphatic rings. The molecule has 4 aromatic rings. The maximum absolute atomic E-state index is 14.5. The lowest BCUT2D eigenvalue weighted by Gasteiger charge is -2.20. The van der Waals surface area contributed by atoms with Crippen LogP contribution in [0, 0.1) is 5.82 Å². The van der Waals surface area contributed by atoms with Crippen molar-refractivity contribution in [1.29, 1.82) is 0 Å². The number of hydrogen-bond acceptors (Lipinski definition) is 7. The Bertz CT molecular complexity index is 1520. The van der Waals surface area contributed by atoms with Gasteiger partial charge < -0.3 is 11.1 Å². The van der Waals surface area contributed by atoms with Gasteiger partial charge in [0.2, 0.25) is 10.0 Å². The van der Waals surface area contributed by atoms with Gasteiger partial charge in [-0.05, 0) is 54.4 Å². The minimum Gasteiger partial charge on any atom is -0.375 e. The molecule has 0 saturated heterocycles. The number of nitrogen functional groups attached to an aromatic ring is 1. The van der Waals surface area contributed by atoms with Crippen LogP contribution in [0.15, 0.2) is 48.5 Å². The van der Waals surface area contributed by atoms with Gasteiger partial charge in [-0.2, -0.15) is 13.2 Å². The fraction of sp³-hybridized carbons (Fsp3) is 0.182. The lowest BCUT2D eigenvalue weighted by molar-refractivity contribution is -0.141. The molecule has 0 spiro atoms. The van der Waals surface area contributed by atoms with Crippen LogP contribution in [0.25, 0.3) is 21.3 Å². The van der Waals surface area contributed by atoms with E-state index in [0.29, 0.717) is 27.3 Å². The second-order valence-electron chi connectivity index (χ2n) is 7.80. The highest BCUT2D eigenvalue weighted by Gasteiger charge is 2.33. The second kappa shape index (κ2) is 8.96. The van der Waals surface area contributed by atoms with Crippen molar-refractivity contribution in [3.8, 4) is 11.1 Å². The van der Waals surface area contributed by atoms with Gasteiger partial charge in [-0.3, -0.25) is 4.72 Å². The number of nitrogens with one attached hydrogen (secondary N) is 2. The van der Waals surface area contributed by atoms with E-state index < -0.39 is 33.8 Å². The quantitative estimate of drug-likeness (QED) is 0.281. The molecular weight excluding hydrogens is 506 g/mol. The maximum atomic E-state index is 14.5. The number of pyridine rings is 1. The molecule has 2 heterocycles. The fourth-order valence-corrected chi connectivity index (χ4v) is 4.72. The first-order valence-corrected chi connectivity index (χ1v) is 12.8. The zero-order chi connectivity index (χ0) is 25.5. The van der Waals surface area contributed by atoms with Gasteiger partial charge in [-0.15, -0.1) is 0 Å². The van der Waals surface area contributed by atoms with Gasteiger partial charge in [0.15, 0.2) is 5.13 Å². The van der Waals surface area contributed by atoms with E-state index in [-0.39, 0.29) is 11.5 Å². The molecule has 1 atom stereocenters. The number of hydrogen-bond donors (Lipinski definition) is 3.